The van der Waals surface area contributed by atoms with E-state index < -0.39 is 6.10 Å². The van der Waals surface area contributed by atoms with Crippen LogP contribution in [0.2, 0.25) is 5.02 Å². The number of hydrogen-bond acceptors (Lipinski definition) is 6. The molecule has 0 aliphatic carbocycles. The quantitative estimate of drug-likeness (QED) is 0.581. The summed E-state index contributed by atoms with van der Waals surface area (Å²) in [5.74, 6) is 0.555. The number of benzene rings is 2. The van der Waals surface area contributed by atoms with Crippen LogP contribution in [0.3, 0.4) is 0 Å². The third-order valence-electron chi connectivity index (χ3n) is 6.47. The first-order valence-electron chi connectivity index (χ1n) is 11.5. The van der Waals surface area contributed by atoms with Crippen LogP contribution < -0.4 is 20.3 Å². The average Bonchev–Trinajstić information content (AvgIpc) is 3.19. The van der Waals surface area contributed by atoms with E-state index in [1.807, 2.05) is 17.0 Å². The number of piperidine rings is 1. The van der Waals surface area contributed by atoms with E-state index >= 15 is 0 Å². The highest BCUT2D eigenvalue weighted by Crippen LogP contribution is 2.33. The first kappa shape index (κ1) is 24.3. The predicted octanol–water partition coefficient (Wildman–Crippen LogP) is 2.75. The van der Waals surface area contributed by atoms with Crippen LogP contribution >= 0.6 is 11.6 Å². The van der Waals surface area contributed by atoms with Crippen molar-refractivity contribution in [1.82, 2.24) is 10.2 Å². The van der Waals surface area contributed by atoms with Gasteiger partial charge in [-0.15, -0.1) is 0 Å². The summed E-state index contributed by atoms with van der Waals surface area (Å²) < 4.78 is 5.36. The fourth-order valence-electron chi connectivity index (χ4n) is 4.67. The molecule has 2 aromatic carbocycles. The lowest BCUT2D eigenvalue weighted by molar-refractivity contribution is -0.114. The lowest BCUT2D eigenvalue weighted by Crippen LogP contribution is -2.50. The zero-order valence-electron chi connectivity index (χ0n) is 19.5. The molecule has 2 heterocycles. The molecule has 4 rings (SSSR count). The van der Waals surface area contributed by atoms with E-state index in [4.69, 9.17) is 16.3 Å². The Morgan fingerprint density at radius 3 is 2.44 bits per heavy atom. The number of anilines is 2. The number of halogens is 1. The Morgan fingerprint density at radius 1 is 1.09 bits per heavy atom. The van der Waals surface area contributed by atoms with Crippen molar-refractivity contribution in [2.75, 3.05) is 43.5 Å². The SMILES string of the molecule is COc1ccc(NC(C)=O)c(N2C[C@@H](O)[C@H](NC3CCN(C(=O)c4ccc(Cl)cc4)CC3)C2)c1. The Labute approximate surface area is 204 Å². The van der Waals surface area contributed by atoms with Crippen LogP contribution in [0, 0.1) is 0 Å². The summed E-state index contributed by atoms with van der Waals surface area (Å²) in [6.07, 6.45) is 1.09. The number of rotatable bonds is 6. The van der Waals surface area contributed by atoms with E-state index in [-0.39, 0.29) is 23.9 Å². The molecule has 2 atom stereocenters. The van der Waals surface area contributed by atoms with Crippen LogP contribution in [0.25, 0.3) is 0 Å². The van der Waals surface area contributed by atoms with E-state index in [1.54, 1.807) is 37.4 Å². The monoisotopic (exact) mass is 486 g/mol. The van der Waals surface area contributed by atoms with Crippen LogP contribution in [-0.2, 0) is 4.79 Å². The molecule has 0 unspecified atom stereocenters. The van der Waals surface area contributed by atoms with E-state index in [2.05, 4.69) is 15.5 Å². The number of hydrogen-bond donors (Lipinski definition) is 3. The molecule has 8 nitrogen and oxygen atoms in total. The summed E-state index contributed by atoms with van der Waals surface area (Å²) in [5.41, 5.74) is 2.15. The minimum Gasteiger partial charge on any atom is -0.497 e. The lowest BCUT2D eigenvalue weighted by atomic mass is 10.0. The standard InChI is InChI=1S/C25H31ClN4O4/c1-16(31)27-21-8-7-20(34-2)13-23(21)30-14-22(24(32)15-30)28-19-9-11-29(12-10-19)25(33)17-3-5-18(26)6-4-17/h3-8,13,19,22,24,28,32H,9-12,14-15H2,1-2H3,(H,27,31)/t22-,24-/m1/s1. The third kappa shape index (κ3) is 5.63. The van der Waals surface area contributed by atoms with Crippen molar-refractivity contribution >= 4 is 34.8 Å². The zero-order valence-corrected chi connectivity index (χ0v) is 20.2. The summed E-state index contributed by atoms with van der Waals surface area (Å²) in [5, 5.41) is 17.8. The molecular formula is C25H31ClN4O4. The minimum atomic E-state index is -0.551. The van der Waals surface area contributed by atoms with Gasteiger partial charge in [0.15, 0.2) is 0 Å². The molecule has 0 saturated carbocycles. The Bertz CT molecular complexity index is 1020. The molecule has 9 heteroatoms. The number of nitrogens with one attached hydrogen (secondary N) is 2. The van der Waals surface area contributed by atoms with Gasteiger partial charge in [-0.2, -0.15) is 0 Å². The van der Waals surface area contributed by atoms with Crippen molar-refractivity contribution in [3.8, 4) is 5.75 Å². The second-order valence-electron chi connectivity index (χ2n) is 8.88. The van der Waals surface area contributed by atoms with Gasteiger partial charge in [0.2, 0.25) is 5.91 Å². The molecule has 3 N–H and O–H groups in total. The predicted molar refractivity (Wildman–Crippen MR) is 133 cm³/mol. The van der Waals surface area contributed by atoms with E-state index in [0.717, 1.165) is 18.5 Å². The van der Waals surface area contributed by atoms with E-state index in [9.17, 15) is 14.7 Å². The molecule has 2 aliphatic heterocycles. The Morgan fingerprint density at radius 2 is 1.79 bits per heavy atom. The van der Waals surface area contributed by atoms with Gasteiger partial charge >= 0.3 is 0 Å². The van der Waals surface area contributed by atoms with Crippen LogP contribution in [0.1, 0.15) is 30.1 Å². The fraction of sp³-hybridized carbons (Fsp3) is 0.440. The van der Waals surface area contributed by atoms with Crippen molar-refractivity contribution in [2.45, 2.75) is 38.0 Å². The molecule has 2 amide bonds. The number of amides is 2. The van der Waals surface area contributed by atoms with Crippen molar-refractivity contribution in [3.05, 3.63) is 53.1 Å². The molecule has 0 bridgehead atoms. The summed E-state index contributed by atoms with van der Waals surface area (Å²) in [7, 11) is 1.60. The number of aliphatic hydroxyl groups is 1. The van der Waals surface area contributed by atoms with Crippen LogP contribution in [0.4, 0.5) is 11.4 Å². The van der Waals surface area contributed by atoms with Crippen molar-refractivity contribution in [3.63, 3.8) is 0 Å². The summed E-state index contributed by atoms with van der Waals surface area (Å²) in [6, 6.07) is 12.6. The molecule has 34 heavy (non-hydrogen) atoms. The Hall–Kier alpha value is -2.81. The molecule has 0 aromatic heterocycles. The van der Waals surface area contributed by atoms with Gasteiger partial charge in [-0.3, -0.25) is 9.59 Å². The number of carbonyl (C=O) groups is 2. The summed E-state index contributed by atoms with van der Waals surface area (Å²) in [4.78, 5) is 28.3. The van der Waals surface area contributed by atoms with E-state index in [1.165, 1.54) is 6.92 Å². The molecule has 0 spiro atoms. The number of nitrogens with zero attached hydrogens (tertiary/aromatic N) is 2. The number of carbonyl (C=O) groups excluding carboxylic acids is 2. The molecular weight excluding hydrogens is 456 g/mol. The average molecular weight is 487 g/mol. The van der Waals surface area contributed by atoms with Crippen LogP contribution in [-0.4, -0.2) is 73.3 Å². The second kappa shape index (κ2) is 10.6. The summed E-state index contributed by atoms with van der Waals surface area (Å²) in [6.45, 7) is 3.85. The molecule has 182 valence electrons. The zero-order chi connectivity index (χ0) is 24.2. The molecule has 0 radical (unpaired) electrons. The fourth-order valence-corrected chi connectivity index (χ4v) is 4.80. The highest BCUT2D eigenvalue weighted by molar-refractivity contribution is 6.30. The molecule has 2 aromatic rings. The number of ether oxygens (including phenoxy) is 1. The highest BCUT2D eigenvalue weighted by atomic mass is 35.5. The summed E-state index contributed by atoms with van der Waals surface area (Å²) >= 11 is 5.93. The Balaban J connectivity index is 1.35. The maximum absolute atomic E-state index is 12.8. The number of likely N-dealkylation sites (tertiary alicyclic amines) is 1. The second-order valence-corrected chi connectivity index (χ2v) is 9.32. The normalized spacial score (nSPS) is 20.9. The Kier molecular flexibility index (Phi) is 7.60. The first-order valence-corrected chi connectivity index (χ1v) is 11.9. The van der Waals surface area contributed by atoms with Gasteiger partial charge in [0.05, 0.1) is 30.6 Å². The largest absolute Gasteiger partial charge is 0.497 e. The smallest absolute Gasteiger partial charge is 0.253 e. The van der Waals surface area contributed by atoms with Crippen LogP contribution in [0.5, 0.6) is 5.75 Å². The van der Waals surface area contributed by atoms with Gasteiger partial charge in [-0.1, -0.05) is 11.6 Å². The van der Waals surface area contributed by atoms with E-state index in [0.29, 0.717) is 48.2 Å². The minimum absolute atomic E-state index is 0.0192. The van der Waals surface area contributed by atoms with Gasteiger partial charge in [0.25, 0.3) is 5.91 Å². The molecule has 2 saturated heterocycles. The van der Waals surface area contributed by atoms with Gasteiger partial charge in [0.1, 0.15) is 5.75 Å². The van der Waals surface area contributed by atoms with Crippen molar-refractivity contribution in [1.29, 1.82) is 0 Å². The lowest BCUT2D eigenvalue weighted by Gasteiger charge is -2.34. The topological polar surface area (TPSA) is 94.1 Å². The van der Waals surface area contributed by atoms with Gasteiger partial charge < -0.3 is 30.3 Å². The molecule has 2 fully saturated rings. The number of methoxy groups -OCH3 is 1. The number of β-amino-alcohol motifs (C(OH)–C–C–N with tert-alkyl or cyclic N) is 1. The van der Waals surface area contributed by atoms with Gasteiger partial charge in [0, 0.05) is 55.8 Å². The maximum Gasteiger partial charge on any atom is 0.253 e. The van der Waals surface area contributed by atoms with Crippen molar-refractivity contribution < 1.29 is 19.4 Å². The number of aliphatic hydroxyl groups excluding tert-OH is 1. The maximum atomic E-state index is 12.8. The van der Waals surface area contributed by atoms with Gasteiger partial charge in [-0.05, 0) is 49.2 Å². The third-order valence-corrected chi connectivity index (χ3v) is 6.72. The van der Waals surface area contributed by atoms with Crippen LogP contribution in [0.15, 0.2) is 42.5 Å². The first-order chi connectivity index (χ1) is 16.3. The molecule has 2 aliphatic rings. The van der Waals surface area contributed by atoms with Crippen molar-refractivity contribution in [2.24, 2.45) is 0 Å². The highest BCUT2D eigenvalue weighted by Gasteiger charge is 2.35. The van der Waals surface area contributed by atoms with Gasteiger partial charge in [-0.25, -0.2) is 0 Å².